The quantitative estimate of drug-likeness (QED) is 0.209. The lowest BCUT2D eigenvalue weighted by molar-refractivity contribution is -0.116. The Kier molecular flexibility index (Phi) is 9.59. The average molecular weight is 623 g/mol. The highest BCUT2D eigenvalue weighted by molar-refractivity contribution is 5.92. The van der Waals surface area contributed by atoms with Crippen LogP contribution in [0.1, 0.15) is 19.4 Å². The second-order valence-corrected chi connectivity index (χ2v) is 11.1. The van der Waals surface area contributed by atoms with Crippen molar-refractivity contribution in [3.05, 3.63) is 76.6 Å². The summed E-state index contributed by atoms with van der Waals surface area (Å²) in [5.41, 5.74) is 1.04. The van der Waals surface area contributed by atoms with Gasteiger partial charge in [-0.25, -0.2) is 23.1 Å². The molecule has 2 aliphatic heterocycles. The largest absolute Gasteiger partial charge is 0.490 e. The number of nitrogens with one attached hydrogen (secondary N) is 3. The molecule has 238 valence electrons. The van der Waals surface area contributed by atoms with Gasteiger partial charge in [0.2, 0.25) is 5.91 Å². The third kappa shape index (κ3) is 6.31. The molecule has 45 heavy (non-hydrogen) atoms. The first kappa shape index (κ1) is 31.8. The molecule has 0 aliphatic carbocycles. The number of benzene rings is 1. The van der Waals surface area contributed by atoms with Crippen LogP contribution in [0.2, 0.25) is 0 Å². The first-order valence-electron chi connectivity index (χ1n) is 14.7. The van der Waals surface area contributed by atoms with E-state index in [2.05, 4.69) is 27.5 Å². The van der Waals surface area contributed by atoms with E-state index in [1.165, 1.54) is 16.7 Å². The molecule has 4 heterocycles. The van der Waals surface area contributed by atoms with Gasteiger partial charge >= 0.3 is 5.69 Å². The second-order valence-electron chi connectivity index (χ2n) is 11.1. The second kappa shape index (κ2) is 13.6. The fourth-order valence-corrected chi connectivity index (χ4v) is 5.55. The standard InChI is InChI=1S/C32H36F2N6O5/c1-5-24(41)35-12-13-37-30-20-15-18(4)27-25-21(34)7-6-8-22(25)45-16-23(44-14-10-33)29(42)19-9-11-36-26(17(2)3)28(19)40(31(20)38-27)32(43)39-30/h5-9,11,15,17,23,26,29,36,42H,1,10,12-14,16H2,2-4H3,(H,35,41)(H,37,39,43). The molecule has 0 fully saturated rings. The van der Waals surface area contributed by atoms with Crippen molar-refractivity contribution in [3.63, 3.8) is 0 Å². The van der Waals surface area contributed by atoms with E-state index in [1.807, 2.05) is 13.8 Å². The number of rotatable bonds is 9. The minimum Gasteiger partial charge on any atom is -0.490 e. The molecule has 3 aromatic rings. The van der Waals surface area contributed by atoms with Crippen molar-refractivity contribution in [3.8, 4) is 17.0 Å². The average Bonchev–Trinajstić information content (AvgIpc) is 3.02. The highest BCUT2D eigenvalue weighted by atomic mass is 19.1. The predicted octanol–water partition coefficient (Wildman–Crippen LogP) is 3.08. The lowest BCUT2D eigenvalue weighted by Gasteiger charge is -2.34. The summed E-state index contributed by atoms with van der Waals surface area (Å²) in [7, 11) is 0. The van der Waals surface area contributed by atoms with Crippen LogP contribution in [0, 0.1) is 18.7 Å². The van der Waals surface area contributed by atoms with E-state index in [9.17, 15) is 19.1 Å². The van der Waals surface area contributed by atoms with Gasteiger partial charge in [0.25, 0.3) is 0 Å². The Bertz CT molecular complexity index is 1740. The number of alkyl halides is 1. The van der Waals surface area contributed by atoms with Crippen LogP contribution < -0.4 is 26.4 Å². The minimum absolute atomic E-state index is 0.0601. The van der Waals surface area contributed by atoms with Gasteiger partial charge in [-0.1, -0.05) is 26.5 Å². The monoisotopic (exact) mass is 622 g/mol. The topological polar surface area (TPSA) is 140 Å². The Hall–Kier alpha value is -4.62. The molecule has 1 amide bonds. The van der Waals surface area contributed by atoms with E-state index in [1.54, 1.807) is 31.3 Å². The van der Waals surface area contributed by atoms with E-state index in [0.717, 1.165) is 6.08 Å². The summed E-state index contributed by atoms with van der Waals surface area (Å²) in [6, 6.07) is 5.61. The van der Waals surface area contributed by atoms with Crippen LogP contribution in [0.15, 0.2) is 59.6 Å². The van der Waals surface area contributed by atoms with Crippen molar-refractivity contribution in [1.29, 1.82) is 0 Å². The normalized spacial score (nSPS) is 19.2. The molecule has 2 aromatic heterocycles. The van der Waals surface area contributed by atoms with Crippen LogP contribution in [0.5, 0.6) is 5.75 Å². The number of hydrogen-bond acceptors (Lipinski definition) is 9. The number of aryl methyl sites for hydroxylation is 1. The number of carbonyl (C=O) groups excluding carboxylic acids is 1. The Morgan fingerprint density at radius 2 is 2.13 bits per heavy atom. The first-order valence-corrected chi connectivity index (χ1v) is 14.7. The Balaban J connectivity index is 1.83. The van der Waals surface area contributed by atoms with Crippen LogP contribution in [0.4, 0.5) is 14.6 Å². The molecule has 1 aromatic carbocycles. The number of aromatic nitrogens is 3. The highest BCUT2D eigenvalue weighted by Crippen LogP contribution is 2.38. The summed E-state index contributed by atoms with van der Waals surface area (Å²) in [5, 5.41) is 21.2. The maximum absolute atomic E-state index is 15.6. The fraction of sp³-hybridized carbons (Fsp3) is 0.375. The first-order chi connectivity index (χ1) is 21.7. The van der Waals surface area contributed by atoms with Crippen LogP contribution in [-0.4, -0.2) is 76.8 Å². The van der Waals surface area contributed by atoms with E-state index in [0.29, 0.717) is 22.2 Å². The molecular weight excluding hydrogens is 586 g/mol. The van der Waals surface area contributed by atoms with Crippen LogP contribution >= 0.6 is 0 Å². The summed E-state index contributed by atoms with van der Waals surface area (Å²) in [5.74, 6) is -0.687. The number of ether oxygens (including phenoxy) is 2. The zero-order valence-corrected chi connectivity index (χ0v) is 25.3. The fourth-order valence-electron chi connectivity index (χ4n) is 5.55. The Labute approximate surface area is 258 Å². The molecule has 2 bridgehead atoms. The maximum Gasteiger partial charge on any atom is 0.355 e. The van der Waals surface area contributed by atoms with Gasteiger partial charge in [0.05, 0.1) is 35.0 Å². The van der Waals surface area contributed by atoms with Crippen molar-refractivity contribution in [1.82, 2.24) is 25.2 Å². The Morgan fingerprint density at radius 3 is 2.87 bits per heavy atom. The van der Waals surface area contributed by atoms with Crippen molar-refractivity contribution < 1.29 is 28.2 Å². The van der Waals surface area contributed by atoms with Gasteiger partial charge < -0.3 is 30.5 Å². The number of fused-ring (bicyclic) bond motifs is 4. The molecule has 0 spiro atoms. The van der Waals surface area contributed by atoms with Crippen molar-refractivity contribution in [2.45, 2.75) is 39.0 Å². The minimum atomic E-state index is -1.37. The van der Waals surface area contributed by atoms with Gasteiger partial charge in [0.1, 0.15) is 42.9 Å². The number of halogens is 2. The summed E-state index contributed by atoms with van der Waals surface area (Å²) < 4.78 is 42.0. The van der Waals surface area contributed by atoms with E-state index >= 15 is 4.39 Å². The van der Waals surface area contributed by atoms with Crippen LogP contribution in [0.25, 0.3) is 28.0 Å². The van der Waals surface area contributed by atoms with Gasteiger partial charge in [-0.15, -0.1) is 0 Å². The predicted molar refractivity (Wildman–Crippen MR) is 167 cm³/mol. The highest BCUT2D eigenvalue weighted by Gasteiger charge is 2.35. The molecule has 2 aliphatic rings. The zero-order valence-electron chi connectivity index (χ0n) is 25.3. The number of carbonyl (C=O) groups is 1. The molecule has 0 saturated heterocycles. The summed E-state index contributed by atoms with van der Waals surface area (Å²) in [6.07, 6.45) is 2.01. The van der Waals surface area contributed by atoms with Gasteiger partial charge in [0.15, 0.2) is 5.65 Å². The molecular formula is C32H36F2N6O5. The molecule has 0 saturated carbocycles. The van der Waals surface area contributed by atoms with Crippen LogP contribution in [-0.2, 0) is 9.53 Å². The Morgan fingerprint density at radius 1 is 1.33 bits per heavy atom. The number of aliphatic hydroxyl groups excluding tert-OH is 1. The van der Waals surface area contributed by atoms with Gasteiger partial charge in [-0.2, -0.15) is 4.98 Å². The third-order valence-electron chi connectivity index (χ3n) is 7.69. The van der Waals surface area contributed by atoms with E-state index in [4.69, 9.17) is 14.5 Å². The van der Waals surface area contributed by atoms with Gasteiger partial charge in [-0.3, -0.25) is 4.79 Å². The molecule has 3 atom stereocenters. The van der Waals surface area contributed by atoms with Crippen molar-refractivity contribution in [2.75, 3.05) is 38.3 Å². The number of aliphatic hydroxyl groups is 1. The summed E-state index contributed by atoms with van der Waals surface area (Å²) >= 11 is 0. The van der Waals surface area contributed by atoms with Gasteiger partial charge in [-0.05, 0) is 55.0 Å². The number of nitrogens with zero attached hydrogens (tertiary/aromatic N) is 3. The van der Waals surface area contributed by atoms with Crippen LogP contribution in [0.3, 0.4) is 0 Å². The molecule has 0 radical (unpaired) electrons. The number of dihydropyridines is 1. The molecule has 13 heteroatoms. The summed E-state index contributed by atoms with van der Waals surface area (Å²) in [4.78, 5) is 34.9. The molecule has 3 unspecified atom stereocenters. The third-order valence-corrected chi connectivity index (χ3v) is 7.69. The van der Waals surface area contributed by atoms with Gasteiger partial charge in [0, 0.05) is 18.7 Å². The number of pyridine rings is 1. The number of hydrogen-bond donors (Lipinski definition) is 4. The van der Waals surface area contributed by atoms with Crippen molar-refractivity contribution >= 4 is 28.5 Å². The zero-order chi connectivity index (χ0) is 32.2. The lowest BCUT2D eigenvalue weighted by atomic mass is 9.90. The SMILES string of the molecule is C=CC(=O)NCCNc1nc(=O)n2c3nc(c(C)cc13)-c1c(F)cccc1OCC(OCCF)C(O)C1=C2C(C(C)C)NC=C1. The van der Waals surface area contributed by atoms with Crippen molar-refractivity contribution in [2.24, 2.45) is 5.92 Å². The van der Waals surface area contributed by atoms with E-state index in [-0.39, 0.29) is 66.6 Å². The smallest absolute Gasteiger partial charge is 0.355 e. The number of anilines is 1. The maximum atomic E-state index is 15.6. The van der Waals surface area contributed by atoms with E-state index < -0.39 is 36.4 Å². The lowest BCUT2D eigenvalue weighted by Crippen LogP contribution is -2.44. The molecule has 5 rings (SSSR count). The molecule has 4 N–H and O–H groups in total. The number of amides is 1. The molecule has 11 nitrogen and oxygen atoms in total. The summed E-state index contributed by atoms with van der Waals surface area (Å²) in [6.45, 7) is 8.21.